The van der Waals surface area contributed by atoms with Crippen LogP contribution in [-0.4, -0.2) is 24.1 Å². The average molecular weight is 387 g/mol. The van der Waals surface area contributed by atoms with E-state index in [9.17, 15) is 9.59 Å². The van der Waals surface area contributed by atoms with Crippen LogP contribution in [0.25, 0.3) is 11.1 Å². The van der Waals surface area contributed by atoms with Gasteiger partial charge in [0.15, 0.2) is 0 Å². The third kappa shape index (κ3) is 3.31. The highest BCUT2D eigenvalue weighted by atomic mass is 16.2. The molecular weight excluding hydrogens is 362 g/mol. The molecule has 1 aromatic heterocycles. The number of nitrogens with one attached hydrogen (secondary N) is 1. The molecule has 0 radical (unpaired) electrons. The van der Waals surface area contributed by atoms with Crippen molar-refractivity contribution in [1.82, 2.24) is 9.88 Å². The van der Waals surface area contributed by atoms with Crippen LogP contribution in [0.4, 0.5) is 5.69 Å². The summed E-state index contributed by atoms with van der Waals surface area (Å²) >= 11 is 0. The van der Waals surface area contributed by atoms with Gasteiger partial charge in [-0.2, -0.15) is 0 Å². The van der Waals surface area contributed by atoms with Crippen LogP contribution in [-0.2, 0) is 17.8 Å². The molecule has 2 aliphatic heterocycles. The highest BCUT2D eigenvalue weighted by Crippen LogP contribution is 2.32. The van der Waals surface area contributed by atoms with Gasteiger partial charge in [0.1, 0.15) is 0 Å². The Bertz CT molecular complexity index is 1110. The number of pyridine rings is 1. The molecule has 5 nitrogen and oxygen atoms in total. The SMILES string of the molecule is CN1C(=O)Cc2cc(C3=CNCC(c4ccc(=O)n(CC5CCC5)c4)=C3)ccc21. The lowest BCUT2D eigenvalue weighted by Gasteiger charge is -2.26. The first-order valence-electron chi connectivity index (χ1n) is 10.3. The first-order chi connectivity index (χ1) is 14.1. The number of fused-ring (bicyclic) bond motifs is 1. The van der Waals surface area contributed by atoms with E-state index in [0.29, 0.717) is 12.3 Å². The molecule has 1 aromatic carbocycles. The van der Waals surface area contributed by atoms with Crippen LogP contribution in [0.3, 0.4) is 0 Å². The van der Waals surface area contributed by atoms with E-state index in [-0.39, 0.29) is 11.5 Å². The smallest absolute Gasteiger partial charge is 0.250 e. The summed E-state index contributed by atoms with van der Waals surface area (Å²) in [4.78, 5) is 26.0. The number of likely N-dealkylation sites (N-methyl/N-ethyl adjacent to an activating group) is 1. The van der Waals surface area contributed by atoms with E-state index in [2.05, 4.69) is 23.5 Å². The molecule has 0 saturated heterocycles. The van der Waals surface area contributed by atoms with Gasteiger partial charge in [0.2, 0.25) is 5.91 Å². The molecule has 0 unspecified atom stereocenters. The predicted octanol–water partition coefficient (Wildman–Crippen LogP) is 3.20. The molecule has 0 bridgehead atoms. The van der Waals surface area contributed by atoms with Gasteiger partial charge in [-0.25, -0.2) is 0 Å². The van der Waals surface area contributed by atoms with Crippen molar-refractivity contribution in [3.05, 3.63) is 75.8 Å². The van der Waals surface area contributed by atoms with Crippen molar-refractivity contribution in [2.24, 2.45) is 5.92 Å². The van der Waals surface area contributed by atoms with E-state index in [1.165, 1.54) is 24.8 Å². The van der Waals surface area contributed by atoms with Gasteiger partial charge in [0.05, 0.1) is 6.42 Å². The van der Waals surface area contributed by atoms with Crippen molar-refractivity contribution in [3.8, 4) is 0 Å². The molecule has 3 heterocycles. The maximum Gasteiger partial charge on any atom is 0.250 e. The molecular formula is C24H25N3O2. The standard InChI is InChI=1S/C24H25N3O2/c1-26-22-7-5-17(9-19(22)11-24(26)29)20-10-21(13-25-12-20)18-6-8-23(28)27(15-18)14-16-3-2-4-16/h5-10,12,15-16,25H,2-4,11,13-14H2,1H3. The molecule has 3 aliphatic rings. The molecule has 2 aromatic rings. The van der Waals surface area contributed by atoms with Gasteiger partial charge >= 0.3 is 0 Å². The third-order valence-corrected chi connectivity index (χ3v) is 6.40. The fraction of sp³-hybridized carbons (Fsp3) is 0.333. The van der Waals surface area contributed by atoms with E-state index in [1.54, 1.807) is 11.0 Å². The van der Waals surface area contributed by atoms with E-state index in [1.807, 2.05) is 36.1 Å². The Hall–Kier alpha value is -3.08. The van der Waals surface area contributed by atoms with Gasteiger partial charge in [0.25, 0.3) is 5.56 Å². The summed E-state index contributed by atoms with van der Waals surface area (Å²) in [7, 11) is 1.83. The molecule has 0 spiro atoms. The minimum Gasteiger partial charge on any atom is -0.386 e. The number of carbonyl (C=O) groups excluding carboxylic acids is 1. The zero-order valence-corrected chi connectivity index (χ0v) is 16.6. The van der Waals surface area contributed by atoms with Gasteiger partial charge in [-0.3, -0.25) is 9.59 Å². The fourth-order valence-electron chi connectivity index (χ4n) is 4.37. The molecule has 29 heavy (non-hydrogen) atoms. The second kappa shape index (κ2) is 7.07. The lowest BCUT2D eigenvalue weighted by Crippen LogP contribution is -2.27. The number of allylic oxidation sites excluding steroid dienone is 2. The quantitative estimate of drug-likeness (QED) is 0.877. The van der Waals surface area contributed by atoms with Crippen molar-refractivity contribution in [2.45, 2.75) is 32.2 Å². The molecule has 1 aliphatic carbocycles. The van der Waals surface area contributed by atoms with Crippen LogP contribution < -0.4 is 15.8 Å². The van der Waals surface area contributed by atoms with Crippen LogP contribution >= 0.6 is 0 Å². The van der Waals surface area contributed by atoms with Crippen molar-refractivity contribution in [3.63, 3.8) is 0 Å². The topological polar surface area (TPSA) is 54.3 Å². The van der Waals surface area contributed by atoms with Crippen molar-refractivity contribution in [1.29, 1.82) is 0 Å². The van der Waals surface area contributed by atoms with Crippen LogP contribution in [0.15, 0.2) is 53.6 Å². The van der Waals surface area contributed by atoms with Crippen molar-refractivity contribution in [2.75, 3.05) is 18.5 Å². The third-order valence-electron chi connectivity index (χ3n) is 6.40. The fourth-order valence-corrected chi connectivity index (χ4v) is 4.37. The highest BCUT2D eigenvalue weighted by Gasteiger charge is 2.24. The number of hydrogen-bond acceptors (Lipinski definition) is 3. The lowest BCUT2D eigenvalue weighted by atomic mass is 9.85. The number of anilines is 1. The summed E-state index contributed by atoms with van der Waals surface area (Å²) in [5.74, 6) is 0.780. The van der Waals surface area contributed by atoms with Crippen LogP contribution in [0.5, 0.6) is 0 Å². The number of nitrogens with zero attached hydrogens (tertiary/aromatic N) is 2. The highest BCUT2D eigenvalue weighted by molar-refractivity contribution is 6.01. The number of rotatable bonds is 4. The normalized spacial score (nSPS) is 18.7. The van der Waals surface area contributed by atoms with E-state index < -0.39 is 0 Å². The zero-order chi connectivity index (χ0) is 20.0. The summed E-state index contributed by atoms with van der Waals surface area (Å²) in [5, 5.41) is 3.37. The van der Waals surface area contributed by atoms with E-state index in [0.717, 1.165) is 41.0 Å². The molecule has 5 heteroatoms. The first kappa shape index (κ1) is 18.0. The Morgan fingerprint density at radius 3 is 2.72 bits per heavy atom. The Morgan fingerprint density at radius 1 is 1.10 bits per heavy atom. The Labute approximate surface area is 170 Å². The first-order valence-corrected chi connectivity index (χ1v) is 10.3. The van der Waals surface area contributed by atoms with Crippen LogP contribution in [0, 0.1) is 5.92 Å². The molecule has 1 fully saturated rings. The van der Waals surface area contributed by atoms with Crippen molar-refractivity contribution < 1.29 is 4.79 Å². The average Bonchev–Trinajstić information content (AvgIpc) is 2.99. The largest absolute Gasteiger partial charge is 0.386 e. The number of benzene rings is 1. The van der Waals surface area contributed by atoms with Gasteiger partial charge in [0, 0.05) is 44.3 Å². The number of hydrogen-bond donors (Lipinski definition) is 1. The van der Waals surface area contributed by atoms with Crippen LogP contribution in [0.1, 0.15) is 36.0 Å². The maximum absolute atomic E-state index is 12.3. The number of amides is 1. The van der Waals surface area contributed by atoms with Gasteiger partial charge in [-0.15, -0.1) is 0 Å². The van der Waals surface area contributed by atoms with E-state index >= 15 is 0 Å². The summed E-state index contributed by atoms with van der Waals surface area (Å²) in [6.45, 7) is 1.56. The van der Waals surface area contributed by atoms with E-state index in [4.69, 9.17) is 0 Å². The monoisotopic (exact) mass is 387 g/mol. The summed E-state index contributed by atoms with van der Waals surface area (Å²) in [6.07, 6.45) is 10.4. The minimum atomic E-state index is 0.0770. The number of carbonyl (C=O) groups is 1. The number of aromatic nitrogens is 1. The zero-order valence-electron chi connectivity index (χ0n) is 16.6. The Morgan fingerprint density at radius 2 is 1.93 bits per heavy atom. The van der Waals surface area contributed by atoms with Gasteiger partial charge in [-0.05, 0) is 70.9 Å². The molecule has 1 amide bonds. The molecule has 1 N–H and O–H groups in total. The minimum absolute atomic E-state index is 0.0770. The summed E-state index contributed by atoms with van der Waals surface area (Å²) in [6, 6.07) is 9.81. The Balaban J connectivity index is 1.44. The maximum atomic E-state index is 12.3. The second-order valence-corrected chi connectivity index (χ2v) is 8.33. The van der Waals surface area contributed by atoms with Gasteiger partial charge < -0.3 is 14.8 Å². The Kier molecular flexibility index (Phi) is 4.38. The predicted molar refractivity (Wildman–Crippen MR) is 116 cm³/mol. The van der Waals surface area contributed by atoms with Crippen LogP contribution in [0.2, 0.25) is 0 Å². The number of dihydropyridines is 1. The summed E-state index contributed by atoms with van der Waals surface area (Å²) < 4.78 is 1.87. The van der Waals surface area contributed by atoms with Gasteiger partial charge in [-0.1, -0.05) is 12.5 Å². The molecule has 1 saturated carbocycles. The lowest BCUT2D eigenvalue weighted by molar-refractivity contribution is -0.117. The molecule has 148 valence electrons. The molecule has 5 rings (SSSR count). The summed E-state index contributed by atoms with van der Waals surface area (Å²) in [5.41, 5.74) is 6.58. The second-order valence-electron chi connectivity index (χ2n) is 8.33. The van der Waals surface area contributed by atoms with Crippen molar-refractivity contribution >= 4 is 22.7 Å². The molecule has 0 atom stereocenters.